The molecular weight excluding hydrogens is 454 g/mol. The Bertz CT molecular complexity index is 1290. The highest BCUT2D eigenvalue weighted by molar-refractivity contribution is 5.94. The average Bonchev–Trinajstić information content (AvgIpc) is 3.42. The maximum absolute atomic E-state index is 12.7. The van der Waals surface area contributed by atoms with E-state index in [1.165, 1.54) is 0 Å². The molecule has 4 rings (SSSR count). The highest BCUT2D eigenvalue weighted by atomic mass is 16.5. The van der Waals surface area contributed by atoms with Crippen LogP contribution in [0.1, 0.15) is 48.9 Å². The molecular formula is C27H31N7O2. The molecule has 0 fully saturated rings. The number of anilines is 1. The minimum Gasteiger partial charge on any atom is -0.462 e. The summed E-state index contributed by atoms with van der Waals surface area (Å²) in [5, 5.41) is 14.3. The summed E-state index contributed by atoms with van der Waals surface area (Å²) in [6.45, 7) is 9.65. The standard InChI is InChI=1S/C27H31N7O2/c1-5-36-27(35)24-16-28-19(4)29-26(24)34(15-14-18(2)3)17-20-10-12-21(13-11-20)22-8-6-7-9-23(22)25-30-32-33-31-25/h6-13,16,18H,5,14-15,17H2,1-4H3,(H,30,31,32,33). The van der Waals surface area contributed by atoms with E-state index in [9.17, 15) is 4.79 Å². The monoisotopic (exact) mass is 485 g/mol. The fraction of sp³-hybridized carbons (Fsp3) is 0.333. The van der Waals surface area contributed by atoms with Crippen molar-refractivity contribution in [3.63, 3.8) is 0 Å². The molecule has 0 unspecified atom stereocenters. The molecule has 0 saturated heterocycles. The first kappa shape index (κ1) is 25.0. The molecule has 0 spiro atoms. The highest BCUT2D eigenvalue weighted by Gasteiger charge is 2.21. The summed E-state index contributed by atoms with van der Waals surface area (Å²) in [7, 11) is 0. The Kier molecular flexibility index (Phi) is 7.99. The molecule has 2 heterocycles. The molecule has 0 radical (unpaired) electrons. The van der Waals surface area contributed by atoms with Gasteiger partial charge in [0.05, 0.1) is 6.61 Å². The van der Waals surface area contributed by atoms with Crippen LogP contribution < -0.4 is 4.90 Å². The molecule has 0 amide bonds. The van der Waals surface area contributed by atoms with E-state index in [0.29, 0.717) is 42.1 Å². The van der Waals surface area contributed by atoms with Crippen LogP contribution in [0.5, 0.6) is 0 Å². The van der Waals surface area contributed by atoms with Gasteiger partial charge >= 0.3 is 5.97 Å². The van der Waals surface area contributed by atoms with E-state index in [4.69, 9.17) is 4.74 Å². The van der Waals surface area contributed by atoms with Crippen LogP contribution in [0, 0.1) is 12.8 Å². The topological polar surface area (TPSA) is 110 Å². The SMILES string of the molecule is CCOC(=O)c1cnc(C)nc1N(CCC(C)C)Cc1ccc(-c2ccccc2-c2nnn[nH]2)cc1. The van der Waals surface area contributed by atoms with Gasteiger partial charge in [0.1, 0.15) is 17.2 Å². The van der Waals surface area contributed by atoms with Gasteiger partial charge in [0, 0.05) is 24.8 Å². The van der Waals surface area contributed by atoms with E-state index in [0.717, 1.165) is 35.2 Å². The van der Waals surface area contributed by atoms with Gasteiger partial charge in [0.25, 0.3) is 0 Å². The van der Waals surface area contributed by atoms with Gasteiger partial charge in [-0.05, 0) is 53.3 Å². The Hall–Kier alpha value is -4.14. The third-order valence-electron chi connectivity index (χ3n) is 5.83. The van der Waals surface area contributed by atoms with Crippen LogP contribution in [0.15, 0.2) is 54.7 Å². The van der Waals surface area contributed by atoms with Crippen molar-refractivity contribution in [2.24, 2.45) is 5.92 Å². The second-order valence-electron chi connectivity index (χ2n) is 8.97. The third-order valence-corrected chi connectivity index (χ3v) is 5.83. The lowest BCUT2D eigenvalue weighted by atomic mass is 9.98. The maximum Gasteiger partial charge on any atom is 0.343 e. The molecule has 1 N–H and O–H groups in total. The lowest BCUT2D eigenvalue weighted by molar-refractivity contribution is 0.0526. The molecule has 0 saturated carbocycles. The van der Waals surface area contributed by atoms with E-state index < -0.39 is 5.97 Å². The van der Waals surface area contributed by atoms with Crippen molar-refractivity contribution in [1.82, 2.24) is 30.6 Å². The van der Waals surface area contributed by atoms with Crippen LogP contribution in [0.25, 0.3) is 22.5 Å². The second kappa shape index (κ2) is 11.5. The molecule has 2 aromatic carbocycles. The van der Waals surface area contributed by atoms with Crippen molar-refractivity contribution in [1.29, 1.82) is 0 Å². The third kappa shape index (κ3) is 5.91. The zero-order valence-electron chi connectivity index (χ0n) is 21.1. The van der Waals surface area contributed by atoms with Crippen LogP contribution >= 0.6 is 0 Å². The molecule has 9 nitrogen and oxygen atoms in total. The number of aromatic amines is 1. The molecule has 2 aromatic heterocycles. The Morgan fingerprint density at radius 1 is 1.08 bits per heavy atom. The van der Waals surface area contributed by atoms with Crippen LogP contribution in [0.4, 0.5) is 5.82 Å². The van der Waals surface area contributed by atoms with Crippen molar-refractivity contribution in [3.8, 4) is 22.5 Å². The number of tetrazole rings is 1. The number of ether oxygens (including phenoxy) is 1. The van der Waals surface area contributed by atoms with E-state index in [1.807, 2.05) is 25.1 Å². The zero-order chi connectivity index (χ0) is 25.5. The number of aromatic nitrogens is 6. The molecule has 36 heavy (non-hydrogen) atoms. The van der Waals surface area contributed by atoms with Crippen LogP contribution in [0.3, 0.4) is 0 Å². The average molecular weight is 486 g/mol. The first-order valence-electron chi connectivity index (χ1n) is 12.1. The highest BCUT2D eigenvalue weighted by Crippen LogP contribution is 2.30. The number of rotatable bonds is 10. The minimum atomic E-state index is -0.407. The Labute approximate surface area is 210 Å². The second-order valence-corrected chi connectivity index (χ2v) is 8.97. The predicted octanol–water partition coefficient (Wildman–Crippen LogP) is 4.86. The number of nitrogens with one attached hydrogen (secondary N) is 1. The van der Waals surface area contributed by atoms with E-state index in [1.54, 1.807) is 13.1 Å². The Morgan fingerprint density at radius 2 is 1.83 bits per heavy atom. The predicted molar refractivity (Wildman–Crippen MR) is 138 cm³/mol. The van der Waals surface area contributed by atoms with Gasteiger partial charge in [-0.3, -0.25) is 0 Å². The number of carbonyl (C=O) groups excluding carboxylic acids is 1. The number of esters is 1. The Morgan fingerprint density at radius 3 is 2.50 bits per heavy atom. The van der Waals surface area contributed by atoms with Crippen molar-refractivity contribution in [2.75, 3.05) is 18.1 Å². The normalized spacial score (nSPS) is 11.0. The molecule has 186 valence electrons. The van der Waals surface area contributed by atoms with Crippen LogP contribution in [-0.4, -0.2) is 49.7 Å². The quantitative estimate of drug-likeness (QED) is 0.317. The number of hydrogen-bond acceptors (Lipinski definition) is 8. The summed E-state index contributed by atoms with van der Waals surface area (Å²) in [5.41, 5.74) is 4.52. The first-order chi connectivity index (χ1) is 17.5. The molecule has 0 atom stereocenters. The zero-order valence-corrected chi connectivity index (χ0v) is 21.1. The van der Waals surface area contributed by atoms with Gasteiger partial charge in [0.2, 0.25) is 0 Å². The molecule has 9 heteroatoms. The van der Waals surface area contributed by atoms with Gasteiger partial charge < -0.3 is 9.64 Å². The molecule has 0 aliphatic heterocycles. The largest absolute Gasteiger partial charge is 0.462 e. The summed E-state index contributed by atoms with van der Waals surface area (Å²) in [6, 6.07) is 16.4. The number of hydrogen-bond donors (Lipinski definition) is 1. The lowest BCUT2D eigenvalue weighted by Gasteiger charge is -2.26. The summed E-state index contributed by atoms with van der Waals surface area (Å²) >= 11 is 0. The van der Waals surface area contributed by atoms with E-state index >= 15 is 0 Å². The number of H-pyrrole nitrogens is 1. The summed E-state index contributed by atoms with van der Waals surface area (Å²) < 4.78 is 5.28. The number of aryl methyl sites for hydroxylation is 1. The first-order valence-corrected chi connectivity index (χ1v) is 12.1. The maximum atomic E-state index is 12.7. The van der Waals surface area contributed by atoms with E-state index in [2.05, 4.69) is 79.7 Å². The van der Waals surface area contributed by atoms with Crippen LogP contribution in [0.2, 0.25) is 0 Å². The molecule has 0 aliphatic rings. The lowest BCUT2D eigenvalue weighted by Crippen LogP contribution is -2.28. The van der Waals surface area contributed by atoms with Gasteiger partial charge in [-0.2, -0.15) is 0 Å². The van der Waals surface area contributed by atoms with Gasteiger partial charge in [-0.15, -0.1) is 5.10 Å². The fourth-order valence-corrected chi connectivity index (χ4v) is 3.95. The van der Waals surface area contributed by atoms with Crippen molar-refractivity contribution in [2.45, 2.75) is 40.7 Å². The van der Waals surface area contributed by atoms with E-state index in [-0.39, 0.29) is 0 Å². The molecule has 4 aromatic rings. The number of nitrogens with zero attached hydrogens (tertiary/aromatic N) is 6. The minimum absolute atomic E-state index is 0.297. The van der Waals surface area contributed by atoms with Crippen LogP contribution in [-0.2, 0) is 11.3 Å². The molecule has 0 bridgehead atoms. The van der Waals surface area contributed by atoms with Gasteiger partial charge in [-0.25, -0.2) is 19.9 Å². The number of benzene rings is 2. The van der Waals surface area contributed by atoms with Gasteiger partial charge in [-0.1, -0.05) is 62.4 Å². The van der Waals surface area contributed by atoms with Gasteiger partial charge in [0.15, 0.2) is 5.82 Å². The van der Waals surface area contributed by atoms with Crippen molar-refractivity contribution in [3.05, 3.63) is 71.7 Å². The van der Waals surface area contributed by atoms with Crippen molar-refractivity contribution >= 4 is 11.8 Å². The fourth-order valence-electron chi connectivity index (χ4n) is 3.95. The summed E-state index contributed by atoms with van der Waals surface area (Å²) in [6.07, 6.45) is 2.53. The molecule has 0 aliphatic carbocycles. The smallest absolute Gasteiger partial charge is 0.343 e. The number of carbonyl (C=O) groups is 1. The Balaban J connectivity index is 1.64. The summed E-state index contributed by atoms with van der Waals surface area (Å²) in [4.78, 5) is 23.7. The van der Waals surface area contributed by atoms with Crippen molar-refractivity contribution < 1.29 is 9.53 Å². The summed E-state index contributed by atoms with van der Waals surface area (Å²) in [5.74, 6) is 1.94.